The first-order valence-electron chi connectivity index (χ1n) is 6.61. The summed E-state index contributed by atoms with van der Waals surface area (Å²) in [7, 11) is 0. The number of carboxylic acids is 1. The highest BCUT2D eigenvalue weighted by molar-refractivity contribution is 5.87. The maximum Gasteiger partial charge on any atom is 0.309 e. The molecule has 7 heteroatoms. The molecule has 1 N–H and O–H groups in total. The van der Waals surface area contributed by atoms with E-state index >= 15 is 0 Å². The summed E-state index contributed by atoms with van der Waals surface area (Å²) in [5.74, 6) is -2.20. The molecule has 112 valence electrons. The SMILES string of the molecule is CC(C)N1C(=O)CC(C(=O)O)C1c1cccc([N+](=O)[O-])c1. The van der Waals surface area contributed by atoms with Crippen molar-refractivity contribution in [3.05, 3.63) is 39.9 Å². The van der Waals surface area contributed by atoms with E-state index in [-0.39, 0.29) is 24.1 Å². The maximum atomic E-state index is 12.1. The Morgan fingerprint density at radius 1 is 1.48 bits per heavy atom. The number of nitrogens with zero attached hydrogens (tertiary/aromatic N) is 2. The van der Waals surface area contributed by atoms with Gasteiger partial charge in [0, 0.05) is 24.6 Å². The number of aliphatic carboxylic acids is 1. The second-order valence-corrected chi connectivity index (χ2v) is 5.34. The van der Waals surface area contributed by atoms with Crippen molar-refractivity contribution in [2.45, 2.75) is 32.4 Å². The van der Waals surface area contributed by atoms with E-state index in [4.69, 9.17) is 0 Å². The molecule has 2 atom stereocenters. The highest BCUT2D eigenvalue weighted by Crippen LogP contribution is 2.40. The van der Waals surface area contributed by atoms with Crippen LogP contribution < -0.4 is 0 Å². The molecule has 1 aromatic rings. The van der Waals surface area contributed by atoms with Gasteiger partial charge in [0.05, 0.1) is 16.9 Å². The lowest BCUT2D eigenvalue weighted by atomic mass is 9.93. The Bertz CT molecular complexity index is 599. The molecule has 0 spiro atoms. The van der Waals surface area contributed by atoms with E-state index in [1.54, 1.807) is 19.9 Å². The highest BCUT2D eigenvalue weighted by atomic mass is 16.6. The van der Waals surface area contributed by atoms with Crippen molar-refractivity contribution in [2.75, 3.05) is 0 Å². The number of carbonyl (C=O) groups is 2. The predicted molar refractivity (Wildman–Crippen MR) is 73.6 cm³/mol. The van der Waals surface area contributed by atoms with E-state index in [1.807, 2.05) is 0 Å². The summed E-state index contributed by atoms with van der Waals surface area (Å²) in [6.07, 6.45) is -0.0825. The van der Waals surface area contributed by atoms with Crippen LogP contribution in [0.2, 0.25) is 0 Å². The standard InChI is InChI=1S/C14H16N2O5/c1-8(2)15-12(17)7-11(14(18)19)13(15)9-4-3-5-10(6-9)16(20)21/h3-6,8,11,13H,7H2,1-2H3,(H,18,19). The topological polar surface area (TPSA) is 101 Å². The number of benzene rings is 1. The van der Waals surface area contributed by atoms with Gasteiger partial charge < -0.3 is 10.0 Å². The number of rotatable bonds is 4. The molecule has 1 aromatic carbocycles. The quantitative estimate of drug-likeness (QED) is 0.675. The van der Waals surface area contributed by atoms with Gasteiger partial charge in [-0.05, 0) is 19.4 Å². The van der Waals surface area contributed by atoms with Gasteiger partial charge in [0.25, 0.3) is 5.69 Å². The van der Waals surface area contributed by atoms with Crippen molar-refractivity contribution < 1.29 is 19.6 Å². The number of nitro benzene ring substituents is 1. The van der Waals surface area contributed by atoms with Gasteiger partial charge in [0.1, 0.15) is 0 Å². The smallest absolute Gasteiger partial charge is 0.309 e. The molecule has 0 saturated carbocycles. The molecule has 21 heavy (non-hydrogen) atoms. The third-order valence-corrected chi connectivity index (χ3v) is 3.66. The van der Waals surface area contributed by atoms with Crippen LogP contribution in [0.25, 0.3) is 0 Å². The van der Waals surface area contributed by atoms with Crippen molar-refractivity contribution in [2.24, 2.45) is 5.92 Å². The van der Waals surface area contributed by atoms with Gasteiger partial charge in [-0.1, -0.05) is 12.1 Å². The van der Waals surface area contributed by atoms with Crippen LogP contribution in [0.4, 0.5) is 5.69 Å². The second kappa shape index (κ2) is 5.51. The molecule has 0 bridgehead atoms. The Morgan fingerprint density at radius 3 is 2.67 bits per heavy atom. The Labute approximate surface area is 121 Å². The largest absolute Gasteiger partial charge is 0.481 e. The van der Waals surface area contributed by atoms with Gasteiger partial charge in [-0.2, -0.15) is 0 Å². The van der Waals surface area contributed by atoms with Gasteiger partial charge in [-0.25, -0.2) is 0 Å². The molecule has 1 fully saturated rings. The summed E-state index contributed by atoms with van der Waals surface area (Å²) in [5.41, 5.74) is 0.371. The molecular formula is C14H16N2O5. The molecule has 1 heterocycles. The zero-order valence-corrected chi connectivity index (χ0v) is 11.7. The number of nitro groups is 1. The summed E-state index contributed by atoms with van der Waals surface area (Å²) < 4.78 is 0. The third kappa shape index (κ3) is 2.72. The lowest BCUT2D eigenvalue weighted by Crippen LogP contribution is -2.36. The lowest BCUT2D eigenvalue weighted by molar-refractivity contribution is -0.385. The van der Waals surface area contributed by atoms with Crippen molar-refractivity contribution in [3.8, 4) is 0 Å². The summed E-state index contributed by atoms with van der Waals surface area (Å²) in [5, 5.41) is 20.2. The number of hydrogen-bond donors (Lipinski definition) is 1. The molecule has 1 aliphatic rings. The van der Waals surface area contributed by atoms with Crippen molar-refractivity contribution in [1.82, 2.24) is 4.90 Å². The maximum absolute atomic E-state index is 12.1. The number of non-ortho nitro benzene ring substituents is 1. The average molecular weight is 292 g/mol. The van der Waals surface area contributed by atoms with Crippen LogP contribution in [0.3, 0.4) is 0 Å². The summed E-state index contributed by atoms with van der Waals surface area (Å²) in [6, 6.07) is 4.97. The number of carbonyl (C=O) groups excluding carboxylic acids is 1. The van der Waals surface area contributed by atoms with Gasteiger partial charge in [-0.15, -0.1) is 0 Å². The normalized spacial score (nSPS) is 21.9. The zero-order valence-electron chi connectivity index (χ0n) is 11.7. The van der Waals surface area contributed by atoms with Crippen LogP contribution in [0.1, 0.15) is 31.9 Å². The fourth-order valence-electron chi connectivity index (χ4n) is 2.80. The van der Waals surface area contributed by atoms with Crippen LogP contribution >= 0.6 is 0 Å². The van der Waals surface area contributed by atoms with Gasteiger partial charge in [0.15, 0.2) is 0 Å². The van der Waals surface area contributed by atoms with Crippen LogP contribution in [-0.2, 0) is 9.59 Å². The van der Waals surface area contributed by atoms with E-state index in [0.29, 0.717) is 5.56 Å². The molecule has 1 amide bonds. The third-order valence-electron chi connectivity index (χ3n) is 3.66. The average Bonchev–Trinajstić information content (AvgIpc) is 2.76. The van der Waals surface area contributed by atoms with Gasteiger partial charge >= 0.3 is 5.97 Å². The Kier molecular flexibility index (Phi) is 3.93. The fraction of sp³-hybridized carbons (Fsp3) is 0.429. The molecule has 1 saturated heterocycles. The minimum Gasteiger partial charge on any atom is -0.481 e. The van der Waals surface area contributed by atoms with Crippen LogP contribution in [0.15, 0.2) is 24.3 Å². The summed E-state index contributed by atoms with van der Waals surface area (Å²) >= 11 is 0. The van der Waals surface area contributed by atoms with Crippen LogP contribution in [0, 0.1) is 16.0 Å². The summed E-state index contributed by atoms with van der Waals surface area (Å²) in [4.78, 5) is 35.3. The number of amides is 1. The van der Waals surface area contributed by atoms with Crippen LogP contribution in [-0.4, -0.2) is 32.8 Å². The summed E-state index contributed by atoms with van der Waals surface area (Å²) in [6.45, 7) is 3.60. The highest BCUT2D eigenvalue weighted by Gasteiger charge is 2.45. The first-order valence-corrected chi connectivity index (χ1v) is 6.61. The van der Waals surface area contributed by atoms with Crippen molar-refractivity contribution in [3.63, 3.8) is 0 Å². The first kappa shape index (κ1) is 15.0. The van der Waals surface area contributed by atoms with Crippen molar-refractivity contribution in [1.29, 1.82) is 0 Å². The van der Waals surface area contributed by atoms with E-state index in [0.717, 1.165) is 0 Å². The first-order chi connectivity index (χ1) is 9.82. The molecule has 0 aliphatic carbocycles. The van der Waals surface area contributed by atoms with Gasteiger partial charge in [0.2, 0.25) is 5.91 Å². The van der Waals surface area contributed by atoms with E-state index in [2.05, 4.69) is 0 Å². The molecule has 2 unspecified atom stereocenters. The second-order valence-electron chi connectivity index (χ2n) is 5.34. The molecule has 0 radical (unpaired) electrons. The van der Waals surface area contributed by atoms with E-state index in [9.17, 15) is 24.8 Å². The molecular weight excluding hydrogens is 276 g/mol. The van der Waals surface area contributed by atoms with Gasteiger partial charge in [-0.3, -0.25) is 19.7 Å². The minimum absolute atomic E-state index is 0.0825. The van der Waals surface area contributed by atoms with E-state index < -0.39 is 22.9 Å². The molecule has 7 nitrogen and oxygen atoms in total. The Hall–Kier alpha value is -2.44. The van der Waals surface area contributed by atoms with E-state index in [1.165, 1.54) is 23.1 Å². The predicted octanol–water partition coefficient (Wildman–Crippen LogP) is 1.98. The Morgan fingerprint density at radius 2 is 2.14 bits per heavy atom. The lowest BCUT2D eigenvalue weighted by Gasteiger charge is -2.30. The zero-order chi connectivity index (χ0) is 15.7. The molecule has 2 rings (SSSR count). The van der Waals surface area contributed by atoms with Crippen molar-refractivity contribution >= 4 is 17.6 Å². The molecule has 0 aromatic heterocycles. The minimum atomic E-state index is -1.07. The number of carboxylic acid groups (broad SMARTS) is 1. The number of likely N-dealkylation sites (tertiary alicyclic amines) is 1. The molecule has 1 aliphatic heterocycles. The monoisotopic (exact) mass is 292 g/mol. The fourth-order valence-corrected chi connectivity index (χ4v) is 2.80. The number of hydrogen-bond acceptors (Lipinski definition) is 4. The van der Waals surface area contributed by atoms with Crippen LogP contribution in [0.5, 0.6) is 0 Å². The Balaban J connectivity index is 2.49.